The highest BCUT2D eigenvalue weighted by atomic mass is 16.5. The van der Waals surface area contributed by atoms with Crippen LogP contribution in [-0.4, -0.2) is 74.4 Å². The molecule has 3 aliphatic heterocycles. The molecule has 3 saturated heterocycles. The molecule has 3 heterocycles. The first-order chi connectivity index (χ1) is 9.42. The average molecular weight is 267 g/mol. The van der Waals surface area contributed by atoms with Crippen LogP contribution in [0.2, 0.25) is 0 Å². The molecule has 0 radical (unpaired) electrons. The maximum Gasteiger partial charge on any atom is 0.0594 e. The second kappa shape index (κ2) is 7.02. The van der Waals surface area contributed by atoms with Crippen molar-refractivity contribution in [2.75, 3.05) is 52.5 Å². The molecular weight excluding hydrogens is 238 g/mol. The zero-order valence-electron chi connectivity index (χ0n) is 12.1. The maximum atomic E-state index is 5.45. The van der Waals surface area contributed by atoms with Crippen molar-refractivity contribution in [2.24, 2.45) is 0 Å². The first kappa shape index (κ1) is 13.8. The summed E-state index contributed by atoms with van der Waals surface area (Å²) in [6.45, 7) is 9.26. The highest BCUT2D eigenvalue weighted by molar-refractivity contribution is 4.85. The van der Waals surface area contributed by atoms with E-state index in [0.29, 0.717) is 0 Å². The molecule has 2 atom stereocenters. The van der Waals surface area contributed by atoms with Gasteiger partial charge in [-0.3, -0.25) is 4.90 Å². The molecule has 0 aromatic carbocycles. The molecule has 0 aliphatic carbocycles. The van der Waals surface area contributed by atoms with E-state index in [2.05, 4.69) is 15.1 Å². The molecule has 0 aromatic heterocycles. The second-order valence-electron chi connectivity index (χ2n) is 6.33. The Balaban J connectivity index is 1.36. The molecule has 0 aromatic rings. The normalized spacial score (nSPS) is 34.7. The smallest absolute Gasteiger partial charge is 0.0594 e. The van der Waals surface area contributed by atoms with Crippen molar-refractivity contribution in [1.29, 1.82) is 0 Å². The number of morpholine rings is 1. The van der Waals surface area contributed by atoms with E-state index in [1.165, 1.54) is 58.3 Å². The van der Waals surface area contributed by atoms with Crippen LogP contribution in [0.15, 0.2) is 0 Å². The number of nitrogens with one attached hydrogen (secondary N) is 1. The molecule has 0 bridgehead atoms. The van der Waals surface area contributed by atoms with Crippen LogP contribution in [0.25, 0.3) is 0 Å². The zero-order chi connectivity index (χ0) is 12.9. The Morgan fingerprint density at radius 1 is 1.05 bits per heavy atom. The zero-order valence-corrected chi connectivity index (χ0v) is 12.1. The molecule has 19 heavy (non-hydrogen) atoms. The lowest BCUT2D eigenvalue weighted by Crippen LogP contribution is -2.45. The van der Waals surface area contributed by atoms with Crippen molar-refractivity contribution in [2.45, 2.75) is 44.2 Å². The molecule has 4 heteroatoms. The van der Waals surface area contributed by atoms with Crippen molar-refractivity contribution in [3.63, 3.8) is 0 Å². The van der Waals surface area contributed by atoms with E-state index in [4.69, 9.17) is 4.74 Å². The van der Waals surface area contributed by atoms with Crippen molar-refractivity contribution in [3.8, 4) is 0 Å². The topological polar surface area (TPSA) is 27.7 Å². The van der Waals surface area contributed by atoms with E-state index in [1.807, 2.05) is 0 Å². The SMILES string of the molecule is C1CCC(CCN2CCC(N3CCOCC3)C2)NC1. The third kappa shape index (κ3) is 3.91. The van der Waals surface area contributed by atoms with Crippen molar-refractivity contribution < 1.29 is 4.74 Å². The Labute approximate surface area is 117 Å². The van der Waals surface area contributed by atoms with Crippen LogP contribution in [0, 0.1) is 0 Å². The summed E-state index contributed by atoms with van der Waals surface area (Å²) in [5.41, 5.74) is 0. The van der Waals surface area contributed by atoms with E-state index < -0.39 is 0 Å². The van der Waals surface area contributed by atoms with E-state index >= 15 is 0 Å². The fourth-order valence-corrected chi connectivity index (χ4v) is 3.76. The summed E-state index contributed by atoms with van der Waals surface area (Å²) in [5, 5.41) is 3.66. The molecule has 110 valence electrons. The Hall–Kier alpha value is -0.160. The predicted octanol–water partition coefficient (Wildman–Crippen LogP) is 0.925. The van der Waals surface area contributed by atoms with Crippen LogP contribution >= 0.6 is 0 Å². The number of hydrogen-bond donors (Lipinski definition) is 1. The van der Waals surface area contributed by atoms with Crippen LogP contribution in [0.4, 0.5) is 0 Å². The highest BCUT2D eigenvalue weighted by Gasteiger charge is 2.28. The van der Waals surface area contributed by atoms with Crippen LogP contribution in [0.5, 0.6) is 0 Å². The summed E-state index contributed by atoms with van der Waals surface area (Å²) in [6, 6.07) is 1.58. The van der Waals surface area contributed by atoms with Gasteiger partial charge in [0.1, 0.15) is 0 Å². The molecule has 3 rings (SSSR count). The van der Waals surface area contributed by atoms with Gasteiger partial charge in [-0.15, -0.1) is 0 Å². The Bertz CT molecular complexity index is 262. The second-order valence-corrected chi connectivity index (χ2v) is 6.33. The van der Waals surface area contributed by atoms with Gasteiger partial charge in [0.05, 0.1) is 13.2 Å². The van der Waals surface area contributed by atoms with Gasteiger partial charge in [-0.2, -0.15) is 0 Å². The van der Waals surface area contributed by atoms with Crippen molar-refractivity contribution in [1.82, 2.24) is 15.1 Å². The average Bonchev–Trinajstić information content (AvgIpc) is 2.96. The maximum absolute atomic E-state index is 5.45. The van der Waals surface area contributed by atoms with E-state index in [9.17, 15) is 0 Å². The number of nitrogens with zero attached hydrogens (tertiary/aromatic N) is 2. The fourth-order valence-electron chi connectivity index (χ4n) is 3.76. The standard InChI is InChI=1S/C15H29N3O/c1-2-6-16-14(3-1)4-7-17-8-5-15(13-17)18-9-11-19-12-10-18/h14-16H,1-13H2. The summed E-state index contributed by atoms with van der Waals surface area (Å²) < 4.78 is 5.45. The molecule has 3 fully saturated rings. The lowest BCUT2D eigenvalue weighted by Gasteiger charge is -2.32. The molecule has 1 N–H and O–H groups in total. The number of rotatable bonds is 4. The Morgan fingerprint density at radius 3 is 2.74 bits per heavy atom. The van der Waals surface area contributed by atoms with Gasteiger partial charge in [0, 0.05) is 31.7 Å². The monoisotopic (exact) mass is 267 g/mol. The number of ether oxygens (including phenoxy) is 1. The molecule has 0 amide bonds. The van der Waals surface area contributed by atoms with Gasteiger partial charge in [-0.05, 0) is 45.3 Å². The number of likely N-dealkylation sites (tertiary alicyclic amines) is 1. The minimum absolute atomic E-state index is 0.788. The molecule has 0 spiro atoms. The van der Waals surface area contributed by atoms with Crippen LogP contribution in [-0.2, 0) is 4.74 Å². The summed E-state index contributed by atoms with van der Waals surface area (Å²) in [7, 11) is 0. The number of hydrogen-bond acceptors (Lipinski definition) is 4. The van der Waals surface area contributed by atoms with Crippen molar-refractivity contribution >= 4 is 0 Å². The summed E-state index contributed by atoms with van der Waals surface area (Å²) in [6.07, 6.45) is 6.89. The van der Waals surface area contributed by atoms with Gasteiger partial charge in [-0.25, -0.2) is 0 Å². The Morgan fingerprint density at radius 2 is 1.95 bits per heavy atom. The predicted molar refractivity (Wildman–Crippen MR) is 77.5 cm³/mol. The fraction of sp³-hybridized carbons (Fsp3) is 1.00. The van der Waals surface area contributed by atoms with Gasteiger partial charge >= 0.3 is 0 Å². The first-order valence-corrected chi connectivity index (χ1v) is 8.19. The van der Waals surface area contributed by atoms with E-state index in [0.717, 1.165) is 38.4 Å². The summed E-state index contributed by atoms with van der Waals surface area (Å²) in [4.78, 5) is 5.32. The third-order valence-electron chi connectivity index (χ3n) is 5.02. The largest absolute Gasteiger partial charge is 0.379 e. The van der Waals surface area contributed by atoms with E-state index in [-0.39, 0.29) is 0 Å². The lowest BCUT2D eigenvalue weighted by molar-refractivity contribution is 0.0184. The highest BCUT2D eigenvalue weighted by Crippen LogP contribution is 2.18. The summed E-state index contributed by atoms with van der Waals surface area (Å²) >= 11 is 0. The first-order valence-electron chi connectivity index (χ1n) is 8.19. The quantitative estimate of drug-likeness (QED) is 0.820. The Kier molecular flexibility index (Phi) is 5.10. The minimum atomic E-state index is 0.788. The van der Waals surface area contributed by atoms with Crippen LogP contribution < -0.4 is 5.32 Å². The van der Waals surface area contributed by atoms with Crippen LogP contribution in [0.3, 0.4) is 0 Å². The van der Waals surface area contributed by atoms with E-state index in [1.54, 1.807) is 0 Å². The van der Waals surface area contributed by atoms with Crippen LogP contribution in [0.1, 0.15) is 32.1 Å². The van der Waals surface area contributed by atoms with Gasteiger partial charge < -0.3 is 15.0 Å². The minimum Gasteiger partial charge on any atom is -0.379 e. The third-order valence-corrected chi connectivity index (χ3v) is 5.02. The molecule has 4 nitrogen and oxygen atoms in total. The van der Waals surface area contributed by atoms with Gasteiger partial charge in [0.25, 0.3) is 0 Å². The van der Waals surface area contributed by atoms with Crippen molar-refractivity contribution in [3.05, 3.63) is 0 Å². The van der Waals surface area contributed by atoms with Gasteiger partial charge in [0.2, 0.25) is 0 Å². The van der Waals surface area contributed by atoms with Gasteiger partial charge in [-0.1, -0.05) is 6.42 Å². The molecular formula is C15H29N3O. The van der Waals surface area contributed by atoms with Gasteiger partial charge in [0.15, 0.2) is 0 Å². The molecule has 0 saturated carbocycles. The number of piperidine rings is 1. The molecule has 2 unspecified atom stereocenters. The molecule has 3 aliphatic rings. The lowest BCUT2D eigenvalue weighted by atomic mass is 10.0. The summed E-state index contributed by atoms with van der Waals surface area (Å²) in [5.74, 6) is 0.